The maximum atomic E-state index is 11.7. The molecular weight excluding hydrogens is 1550 g/mol. The first-order valence-corrected chi connectivity index (χ1v) is 42.7. The second-order valence-corrected chi connectivity index (χ2v) is 31.4. The number of aromatic hydroxyl groups is 2. The van der Waals surface area contributed by atoms with E-state index in [1.165, 1.54) is 44.2 Å². The van der Waals surface area contributed by atoms with E-state index in [2.05, 4.69) is 193 Å². The fourth-order valence-corrected chi connectivity index (χ4v) is 20.0. The van der Waals surface area contributed by atoms with E-state index in [0.29, 0.717) is 64.0 Å². The van der Waals surface area contributed by atoms with Gasteiger partial charge in [-0.1, -0.05) is 194 Å². The lowest BCUT2D eigenvalue weighted by Gasteiger charge is -2.16. The molecule has 0 atom stereocenters. The number of carbonyl (C=O) groups is 1. The first kappa shape index (κ1) is 76.0. The number of rotatable bonds is 26. The van der Waals surface area contributed by atoms with Crippen molar-refractivity contribution in [2.75, 3.05) is 46.4 Å². The topological polar surface area (TPSA) is 142 Å². The number of nitrogens with zero attached hydrogens (tertiary/aromatic N) is 4. The molecule has 20 rings (SSSR count). The highest BCUT2D eigenvalue weighted by molar-refractivity contribution is 7.15. The molecule has 0 aliphatic heterocycles. The van der Waals surface area contributed by atoms with Crippen LogP contribution in [0.4, 0.5) is 0 Å². The second kappa shape index (κ2) is 34.2. The zero-order valence-electron chi connectivity index (χ0n) is 64.7. The molecule has 0 bridgehead atoms. The maximum absolute atomic E-state index is 11.7. The molecule has 0 radical (unpaired) electrons. The number of hydrogen-bond donors (Lipinski definition) is 2. The van der Waals surface area contributed by atoms with Crippen molar-refractivity contribution >= 4 is 139 Å². The van der Waals surface area contributed by atoms with Crippen LogP contribution >= 0.6 is 45.3 Å². The predicted molar refractivity (Wildman–Crippen MR) is 486 cm³/mol. The molecule has 584 valence electrons. The lowest BCUT2D eigenvalue weighted by molar-refractivity contribution is -0.0980. The molecule has 0 unspecified atom stereocenters. The van der Waals surface area contributed by atoms with Gasteiger partial charge in [0, 0.05) is 106 Å². The average molecular weight is 1630 g/mol. The van der Waals surface area contributed by atoms with Crippen molar-refractivity contribution in [3.05, 3.63) is 313 Å². The van der Waals surface area contributed by atoms with Gasteiger partial charge in [0.2, 0.25) is 0 Å². The van der Waals surface area contributed by atoms with Gasteiger partial charge in [0.25, 0.3) is 0 Å². The smallest absolute Gasteiger partial charge is 0.189 e. The summed E-state index contributed by atoms with van der Waals surface area (Å²) < 4.78 is 53.3. The van der Waals surface area contributed by atoms with E-state index in [0.717, 1.165) is 153 Å². The van der Waals surface area contributed by atoms with Crippen molar-refractivity contribution in [1.82, 2.24) is 18.3 Å². The third-order valence-corrected chi connectivity index (χ3v) is 25.1. The predicted octanol–water partition coefficient (Wildman–Crippen LogP) is 26.4. The summed E-state index contributed by atoms with van der Waals surface area (Å²) in [6, 6.07) is 99.5. The molecule has 12 aromatic carbocycles. The first-order chi connectivity index (χ1) is 58.4. The van der Waals surface area contributed by atoms with Gasteiger partial charge in [0.1, 0.15) is 41.2 Å². The van der Waals surface area contributed by atoms with Crippen LogP contribution in [0.1, 0.15) is 26.7 Å². The molecule has 8 aromatic heterocycles. The van der Waals surface area contributed by atoms with Crippen LogP contribution in [0.2, 0.25) is 0 Å². The minimum atomic E-state index is 0.144. The zero-order chi connectivity index (χ0) is 80.0. The molecule has 0 spiro atoms. The van der Waals surface area contributed by atoms with Gasteiger partial charge in [0.15, 0.2) is 29.8 Å². The van der Waals surface area contributed by atoms with Crippen molar-refractivity contribution in [3.8, 4) is 111 Å². The molecule has 20 aromatic rings. The zero-order valence-corrected chi connectivity index (χ0v) is 67.9. The Morgan fingerprint density at radius 2 is 0.500 bits per heavy atom. The number of aromatic nitrogens is 4. The Labute approximate surface area is 697 Å². The Kier molecular flexibility index (Phi) is 22.0. The fraction of sp³-hybridized carbons (Fsp3) is 0.110. The van der Waals surface area contributed by atoms with Gasteiger partial charge in [-0.3, -0.25) is 0 Å². The minimum absolute atomic E-state index is 0.144. The number of benzene rings is 12. The number of fused-ring (bicyclic) bond motifs is 12. The summed E-state index contributed by atoms with van der Waals surface area (Å²) in [5.41, 5.74) is 15.9. The molecule has 2 N–H and O–H groups in total. The molecule has 14 nitrogen and oxygen atoms in total. The first-order valence-electron chi connectivity index (χ1n) is 39.2. The van der Waals surface area contributed by atoms with Crippen LogP contribution in [0.25, 0.3) is 152 Å². The molecule has 0 saturated heterocycles. The SMILES string of the molecule is C=O.CCOCOc1c(-n2c3ccccc3c3ccccc32)csc1-c1ccccc1OCCCOc1ccccc1-c1scc(-n2c3ccccc3c3ccccc32)c1OCC.Oc1c(-n2c3ccccc3c3ccccc32)csc1-c1ccccc1OCCCOc1ccccc1-c1scc(-n2c3ccccc3c3ccccc32)c1O. The van der Waals surface area contributed by atoms with Gasteiger partial charge in [-0.15, -0.1) is 45.3 Å². The number of para-hydroxylation sites is 12. The van der Waals surface area contributed by atoms with Crippen molar-refractivity contribution in [2.24, 2.45) is 0 Å². The van der Waals surface area contributed by atoms with Crippen LogP contribution in [0.3, 0.4) is 0 Å². The van der Waals surface area contributed by atoms with Gasteiger partial charge >= 0.3 is 0 Å². The maximum Gasteiger partial charge on any atom is 0.189 e. The highest BCUT2D eigenvalue weighted by atomic mass is 32.1. The highest BCUT2D eigenvalue weighted by Crippen LogP contribution is 2.52. The van der Waals surface area contributed by atoms with E-state index >= 15 is 0 Å². The van der Waals surface area contributed by atoms with Crippen LogP contribution in [-0.4, -0.2) is 81.7 Å². The number of thiophene rings is 4. The highest BCUT2D eigenvalue weighted by Gasteiger charge is 2.28. The van der Waals surface area contributed by atoms with E-state index in [-0.39, 0.29) is 18.3 Å². The molecule has 0 aliphatic carbocycles. The molecule has 118 heavy (non-hydrogen) atoms. The molecule has 0 fully saturated rings. The Balaban J connectivity index is 0.000000160. The number of hydrogen-bond acceptors (Lipinski definition) is 14. The third kappa shape index (κ3) is 14.1. The number of ether oxygens (including phenoxy) is 7. The van der Waals surface area contributed by atoms with Crippen molar-refractivity contribution < 1.29 is 48.2 Å². The quantitative estimate of drug-likeness (QED) is 0.0397. The van der Waals surface area contributed by atoms with Gasteiger partial charge in [-0.2, -0.15) is 0 Å². The lowest BCUT2D eigenvalue weighted by Crippen LogP contribution is -2.07. The summed E-state index contributed by atoms with van der Waals surface area (Å²) in [4.78, 5) is 11.5. The molecule has 18 heteroatoms. The summed E-state index contributed by atoms with van der Waals surface area (Å²) in [5.74, 6) is 5.09. The van der Waals surface area contributed by atoms with Crippen LogP contribution in [0.5, 0.6) is 46.0 Å². The lowest BCUT2D eigenvalue weighted by atomic mass is 10.1. The van der Waals surface area contributed by atoms with Crippen LogP contribution in [-0.2, 0) is 9.53 Å². The normalized spacial score (nSPS) is 11.4. The van der Waals surface area contributed by atoms with Crippen LogP contribution < -0.4 is 28.4 Å². The third-order valence-electron chi connectivity index (χ3n) is 21.1. The second-order valence-electron chi connectivity index (χ2n) is 27.9. The standard InChI is InChI=1S/C52H44N2O5S2.C47H34N2O4S2.CH2O/c1-3-55-34-59-50-46(54-43-26-13-7-20-37(43)38-21-8-14-27-44(38)54)33-61-52(50)40-23-10-16-29-48(40)58-31-17-30-57-47-28-15-9-22-39(47)51-49(56-4-2)45(32-60-51)53-41-24-11-5-18-35(41)36-19-6-12-25-42(36)53;50-44-40(48-36-20-7-1-14-30(36)31-15-2-8-21-37(31)48)28-54-46(44)34-18-5-11-24-42(34)52-26-13-27-53-43-25-12-6-19-35(43)47-45(51)41(29-55-47)49-38-22-9-3-16-32(38)33-17-4-10-23-39(33)49;1-2/h5-16,18-29,32-33H,3-4,17,30-31,34H2,1-2H3;1-12,14-25,28-29,50-51H,13,26-27H2;1H2. The largest absolute Gasteiger partial charge is 0.504 e. The van der Waals surface area contributed by atoms with Gasteiger partial charge in [0.05, 0.1) is 108 Å². The minimum Gasteiger partial charge on any atom is -0.504 e. The average Bonchev–Trinajstić information content (AvgIpc) is 1.60. The molecule has 0 amide bonds. The van der Waals surface area contributed by atoms with Gasteiger partial charge in [-0.05, 0) is 111 Å². The summed E-state index contributed by atoms with van der Waals surface area (Å²) in [6.45, 7) is 9.06. The van der Waals surface area contributed by atoms with Crippen LogP contribution in [0, 0.1) is 0 Å². The van der Waals surface area contributed by atoms with E-state index in [1.807, 2.05) is 159 Å². The molecule has 0 saturated carbocycles. The van der Waals surface area contributed by atoms with Crippen molar-refractivity contribution in [2.45, 2.75) is 26.7 Å². The van der Waals surface area contributed by atoms with Crippen molar-refractivity contribution in [3.63, 3.8) is 0 Å². The number of carbonyl (C=O) groups excluding carboxylic acids is 1. The molecule has 0 aliphatic rings. The monoisotopic (exact) mass is 1620 g/mol. The van der Waals surface area contributed by atoms with Crippen molar-refractivity contribution in [1.29, 1.82) is 0 Å². The fourth-order valence-electron chi connectivity index (χ4n) is 16.0. The van der Waals surface area contributed by atoms with E-state index in [1.54, 1.807) is 22.7 Å². The Morgan fingerprint density at radius 1 is 0.271 bits per heavy atom. The Bertz CT molecular complexity index is 6600. The van der Waals surface area contributed by atoms with E-state index in [4.69, 9.17) is 38.0 Å². The molecular formula is C100H80N4O10S4. The summed E-state index contributed by atoms with van der Waals surface area (Å²) in [7, 11) is 0. The van der Waals surface area contributed by atoms with Gasteiger partial charge < -0.3 is 66.4 Å². The van der Waals surface area contributed by atoms with Gasteiger partial charge in [-0.25, -0.2) is 0 Å². The van der Waals surface area contributed by atoms with Crippen LogP contribution in [0.15, 0.2) is 313 Å². The summed E-state index contributed by atoms with van der Waals surface area (Å²) >= 11 is 6.34. The molecule has 8 heterocycles. The Hall–Kier alpha value is -13.3. The summed E-state index contributed by atoms with van der Waals surface area (Å²) in [5, 5.41) is 41.3. The van der Waals surface area contributed by atoms with E-state index < -0.39 is 0 Å². The summed E-state index contributed by atoms with van der Waals surface area (Å²) in [6.07, 6.45) is 1.32. The Morgan fingerprint density at radius 3 is 0.780 bits per heavy atom. The van der Waals surface area contributed by atoms with E-state index in [9.17, 15) is 10.2 Å².